The minimum atomic E-state index is -0.849. The van der Waals surface area contributed by atoms with Gasteiger partial charge in [0.1, 0.15) is 0 Å². The standard InChI is InChI=1S/C14H20N2O3/c1-3-11-6-8-12(9-7-11)16(2)14(19)15-10-4-5-13(17)18/h6-9H,3-5,10H2,1-2H3,(H,15,19)(H,17,18). The molecule has 5 nitrogen and oxygen atoms in total. The second-order valence-corrected chi connectivity index (χ2v) is 4.31. The first-order valence-corrected chi connectivity index (χ1v) is 6.37. The van der Waals surface area contributed by atoms with Gasteiger partial charge in [-0.3, -0.25) is 9.69 Å². The third kappa shape index (κ3) is 4.99. The number of rotatable bonds is 6. The fourth-order valence-electron chi connectivity index (χ4n) is 1.63. The van der Waals surface area contributed by atoms with E-state index in [1.165, 1.54) is 10.5 Å². The Hall–Kier alpha value is -2.04. The fraction of sp³-hybridized carbons (Fsp3) is 0.429. The SMILES string of the molecule is CCc1ccc(N(C)C(=O)NCCCC(=O)O)cc1. The number of amides is 2. The Kier molecular flexibility index (Phi) is 5.85. The highest BCUT2D eigenvalue weighted by Gasteiger charge is 2.09. The van der Waals surface area contributed by atoms with Crippen molar-refractivity contribution in [3.05, 3.63) is 29.8 Å². The van der Waals surface area contributed by atoms with Crippen LogP contribution in [-0.2, 0) is 11.2 Å². The zero-order chi connectivity index (χ0) is 14.3. The number of hydrogen-bond acceptors (Lipinski definition) is 2. The molecule has 0 saturated carbocycles. The summed E-state index contributed by atoms with van der Waals surface area (Å²) in [6.07, 6.45) is 1.46. The largest absolute Gasteiger partial charge is 0.481 e. The summed E-state index contributed by atoms with van der Waals surface area (Å²) in [5.74, 6) is -0.849. The van der Waals surface area contributed by atoms with Gasteiger partial charge in [-0.15, -0.1) is 0 Å². The monoisotopic (exact) mass is 264 g/mol. The number of nitrogens with one attached hydrogen (secondary N) is 1. The molecule has 0 heterocycles. The van der Waals surface area contributed by atoms with E-state index in [1.807, 2.05) is 24.3 Å². The van der Waals surface area contributed by atoms with Crippen LogP contribution in [0.4, 0.5) is 10.5 Å². The van der Waals surface area contributed by atoms with Gasteiger partial charge >= 0.3 is 12.0 Å². The number of carboxylic acids is 1. The molecule has 0 unspecified atom stereocenters. The number of aryl methyl sites for hydroxylation is 1. The molecule has 0 aliphatic carbocycles. The van der Waals surface area contributed by atoms with E-state index < -0.39 is 5.97 Å². The summed E-state index contributed by atoms with van der Waals surface area (Å²) in [4.78, 5) is 23.7. The molecule has 0 aromatic heterocycles. The highest BCUT2D eigenvalue weighted by molar-refractivity contribution is 5.91. The highest BCUT2D eigenvalue weighted by atomic mass is 16.4. The van der Waals surface area contributed by atoms with Crippen molar-refractivity contribution in [3.63, 3.8) is 0 Å². The fourth-order valence-corrected chi connectivity index (χ4v) is 1.63. The van der Waals surface area contributed by atoms with Crippen LogP contribution in [-0.4, -0.2) is 30.7 Å². The number of benzene rings is 1. The van der Waals surface area contributed by atoms with Gasteiger partial charge < -0.3 is 10.4 Å². The molecule has 0 spiro atoms. The van der Waals surface area contributed by atoms with Crippen molar-refractivity contribution >= 4 is 17.7 Å². The Morgan fingerprint density at radius 2 is 1.89 bits per heavy atom. The van der Waals surface area contributed by atoms with Crippen LogP contribution in [0.1, 0.15) is 25.3 Å². The van der Waals surface area contributed by atoms with Gasteiger partial charge in [0.25, 0.3) is 0 Å². The molecule has 2 amide bonds. The van der Waals surface area contributed by atoms with Crippen molar-refractivity contribution in [1.82, 2.24) is 5.32 Å². The zero-order valence-electron chi connectivity index (χ0n) is 11.3. The number of hydrogen-bond donors (Lipinski definition) is 2. The molecule has 0 radical (unpaired) electrons. The van der Waals surface area contributed by atoms with Crippen LogP contribution in [0, 0.1) is 0 Å². The number of carboxylic acid groups (broad SMARTS) is 1. The van der Waals surface area contributed by atoms with Crippen LogP contribution in [0.2, 0.25) is 0 Å². The molecule has 1 rings (SSSR count). The number of carbonyl (C=O) groups is 2. The van der Waals surface area contributed by atoms with Crippen molar-refractivity contribution in [1.29, 1.82) is 0 Å². The molecule has 19 heavy (non-hydrogen) atoms. The molecule has 0 saturated heterocycles. The molecule has 5 heteroatoms. The lowest BCUT2D eigenvalue weighted by Crippen LogP contribution is -2.37. The summed E-state index contributed by atoms with van der Waals surface area (Å²) >= 11 is 0. The molecular weight excluding hydrogens is 244 g/mol. The average molecular weight is 264 g/mol. The molecule has 0 bridgehead atoms. The maximum absolute atomic E-state index is 11.8. The number of carbonyl (C=O) groups excluding carboxylic acids is 1. The van der Waals surface area contributed by atoms with E-state index in [0.29, 0.717) is 13.0 Å². The van der Waals surface area contributed by atoms with E-state index in [0.717, 1.165) is 12.1 Å². The molecule has 0 atom stereocenters. The van der Waals surface area contributed by atoms with Crippen LogP contribution >= 0.6 is 0 Å². The molecule has 0 aliphatic heterocycles. The van der Waals surface area contributed by atoms with E-state index in [4.69, 9.17) is 5.11 Å². The number of anilines is 1. The molecule has 1 aromatic carbocycles. The summed E-state index contributed by atoms with van der Waals surface area (Å²) in [5.41, 5.74) is 2.03. The van der Waals surface area contributed by atoms with Crippen molar-refractivity contribution in [2.24, 2.45) is 0 Å². The Morgan fingerprint density at radius 1 is 1.26 bits per heavy atom. The van der Waals surface area contributed by atoms with Crippen molar-refractivity contribution < 1.29 is 14.7 Å². The first kappa shape index (κ1) is 15.0. The number of aliphatic carboxylic acids is 1. The maximum Gasteiger partial charge on any atom is 0.321 e. The number of urea groups is 1. The normalized spacial score (nSPS) is 10.0. The molecule has 0 fully saturated rings. The Bertz CT molecular complexity index is 429. The highest BCUT2D eigenvalue weighted by Crippen LogP contribution is 2.14. The Balaban J connectivity index is 2.44. The smallest absolute Gasteiger partial charge is 0.321 e. The minimum Gasteiger partial charge on any atom is -0.481 e. The molecular formula is C14H20N2O3. The van der Waals surface area contributed by atoms with E-state index in [9.17, 15) is 9.59 Å². The lowest BCUT2D eigenvalue weighted by atomic mass is 10.1. The van der Waals surface area contributed by atoms with Crippen molar-refractivity contribution in [3.8, 4) is 0 Å². The minimum absolute atomic E-state index is 0.0647. The van der Waals surface area contributed by atoms with Gasteiger partial charge in [0, 0.05) is 25.7 Å². The summed E-state index contributed by atoms with van der Waals surface area (Å²) < 4.78 is 0. The lowest BCUT2D eigenvalue weighted by molar-refractivity contribution is -0.137. The van der Waals surface area contributed by atoms with Gasteiger partial charge in [0.2, 0.25) is 0 Å². The zero-order valence-corrected chi connectivity index (χ0v) is 11.3. The molecule has 1 aromatic rings. The van der Waals surface area contributed by atoms with Gasteiger partial charge in [-0.2, -0.15) is 0 Å². The molecule has 104 valence electrons. The van der Waals surface area contributed by atoms with Crippen LogP contribution in [0.25, 0.3) is 0 Å². The predicted molar refractivity (Wildman–Crippen MR) is 74.5 cm³/mol. The summed E-state index contributed by atoms with van der Waals surface area (Å²) in [5, 5.41) is 11.2. The molecule has 2 N–H and O–H groups in total. The van der Waals surface area contributed by atoms with E-state index in [1.54, 1.807) is 7.05 Å². The second kappa shape index (κ2) is 7.41. The molecule has 0 aliphatic rings. The van der Waals surface area contributed by atoms with Crippen LogP contribution in [0.15, 0.2) is 24.3 Å². The summed E-state index contributed by atoms with van der Waals surface area (Å²) in [7, 11) is 1.69. The van der Waals surface area contributed by atoms with E-state index in [-0.39, 0.29) is 12.5 Å². The average Bonchev–Trinajstić information content (AvgIpc) is 2.42. The van der Waals surface area contributed by atoms with Gasteiger partial charge in [-0.05, 0) is 30.5 Å². The second-order valence-electron chi connectivity index (χ2n) is 4.31. The van der Waals surface area contributed by atoms with Gasteiger partial charge in [0.05, 0.1) is 0 Å². The Morgan fingerprint density at radius 3 is 2.42 bits per heavy atom. The Labute approximate surface area is 113 Å². The van der Waals surface area contributed by atoms with E-state index >= 15 is 0 Å². The van der Waals surface area contributed by atoms with Crippen molar-refractivity contribution in [2.45, 2.75) is 26.2 Å². The first-order valence-electron chi connectivity index (χ1n) is 6.37. The van der Waals surface area contributed by atoms with Gasteiger partial charge in [-0.1, -0.05) is 19.1 Å². The third-order valence-corrected chi connectivity index (χ3v) is 2.88. The van der Waals surface area contributed by atoms with Crippen LogP contribution < -0.4 is 10.2 Å². The topological polar surface area (TPSA) is 69.6 Å². The third-order valence-electron chi connectivity index (χ3n) is 2.88. The van der Waals surface area contributed by atoms with Crippen LogP contribution in [0.5, 0.6) is 0 Å². The van der Waals surface area contributed by atoms with E-state index in [2.05, 4.69) is 12.2 Å². The summed E-state index contributed by atoms with van der Waals surface area (Å²) in [6, 6.07) is 7.55. The number of nitrogens with zero attached hydrogens (tertiary/aromatic N) is 1. The van der Waals surface area contributed by atoms with Crippen LogP contribution in [0.3, 0.4) is 0 Å². The quantitative estimate of drug-likeness (QED) is 0.774. The van der Waals surface area contributed by atoms with Crippen molar-refractivity contribution in [2.75, 3.05) is 18.5 Å². The van der Waals surface area contributed by atoms with Gasteiger partial charge in [-0.25, -0.2) is 4.79 Å². The van der Waals surface area contributed by atoms with Gasteiger partial charge in [0.15, 0.2) is 0 Å². The first-order chi connectivity index (χ1) is 9.04. The lowest BCUT2D eigenvalue weighted by Gasteiger charge is -2.18. The predicted octanol–water partition coefficient (Wildman–Crippen LogP) is 2.26. The summed E-state index contributed by atoms with van der Waals surface area (Å²) in [6.45, 7) is 2.44. The maximum atomic E-state index is 11.8.